The first-order valence-electron chi connectivity index (χ1n) is 6.08. The van der Waals surface area contributed by atoms with Gasteiger partial charge in [0.05, 0.1) is 11.4 Å². The fourth-order valence-electron chi connectivity index (χ4n) is 1.54. The van der Waals surface area contributed by atoms with E-state index in [-0.39, 0.29) is 12.6 Å². The van der Waals surface area contributed by atoms with Crippen LogP contribution in [-0.2, 0) is 10.0 Å². The summed E-state index contributed by atoms with van der Waals surface area (Å²) in [5.41, 5.74) is 6.69. The predicted molar refractivity (Wildman–Crippen MR) is 77.2 cm³/mol. The predicted octanol–water partition coefficient (Wildman–Crippen LogP) is 1.33. The van der Waals surface area contributed by atoms with Crippen LogP contribution in [0, 0.1) is 18.8 Å². The number of nitrogens with zero attached hydrogens (tertiary/aromatic N) is 1. The molecule has 1 aromatic carbocycles. The molecule has 0 bridgehead atoms. The second kappa shape index (κ2) is 6.20. The first-order valence-corrected chi connectivity index (χ1v) is 7.52. The molecule has 0 spiro atoms. The van der Waals surface area contributed by atoms with E-state index >= 15 is 0 Å². The molecule has 0 radical (unpaired) electrons. The van der Waals surface area contributed by atoms with E-state index < -0.39 is 10.0 Å². The lowest BCUT2D eigenvalue weighted by atomic mass is 10.1. The summed E-state index contributed by atoms with van der Waals surface area (Å²) in [6, 6.07) is 5.07. The lowest BCUT2D eigenvalue weighted by Crippen LogP contribution is -2.33. The number of rotatable bonds is 3. The quantitative estimate of drug-likeness (QED) is 0.850. The van der Waals surface area contributed by atoms with E-state index in [9.17, 15) is 8.42 Å². The Morgan fingerprint density at radius 3 is 2.53 bits per heavy atom. The van der Waals surface area contributed by atoms with Crippen LogP contribution < -0.4 is 5.73 Å². The van der Waals surface area contributed by atoms with Crippen LogP contribution in [0.1, 0.15) is 25.0 Å². The number of nitrogens with two attached hydrogens (primary N) is 1. The highest BCUT2D eigenvalue weighted by molar-refractivity contribution is 7.89. The van der Waals surface area contributed by atoms with Crippen molar-refractivity contribution in [1.29, 1.82) is 0 Å². The summed E-state index contributed by atoms with van der Waals surface area (Å²) in [4.78, 5) is 0.299. The Hall–Kier alpha value is -1.35. The average Bonchev–Trinajstić information content (AvgIpc) is 2.36. The van der Waals surface area contributed by atoms with Crippen molar-refractivity contribution >= 4 is 10.0 Å². The Kier molecular flexibility index (Phi) is 5.12. The van der Waals surface area contributed by atoms with Crippen molar-refractivity contribution < 1.29 is 8.42 Å². The Balaban J connectivity index is 3.34. The van der Waals surface area contributed by atoms with Gasteiger partial charge in [-0.2, -0.15) is 4.31 Å². The van der Waals surface area contributed by atoms with Crippen molar-refractivity contribution in [2.45, 2.75) is 31.7 Å². The molecule has 0 heterocycles. The first kappa shape index (κ1) is 15.7. The molecule has 5 heteroatoms. The normalized spacial score (nSPS) is 11.5. The lowest BCUT2D eigenvalue weighted by molar-refractivity contribution is 0.410. The smallest absolute Gasteiger partial charge is 0.243 e. The second-order valence-corrected chi connectivity index (χ2v) is 6.57. The molecule has 0 fully saturated rings. The van der Waals surface area contributed by atoms with Gasteiger partial charge in [0.15, 0.2) is 0 Å². The third-order valence-electron chi connectivity index (χ3n) is 2.91. The summed E-state index contributed by atoms with van der Waals surface area (Å²) in [6.07, 6.45) is 0. The third-order valence-corrected chi connectivity index (χ3v) is 5.08. The molecule has 0 unspecified atom stereocenters. The van der Waals surface area contributed by atoms with Gasteiger partial charge >= 0.3 is 0 Å². The molecule has 0 atom stereocenters. The zero-order chi connectivity index (χ0) is 14.6. The monoisotopic (exact) mass is 280 g/mol. The highest BCUT2D eigenvalue weighted by Crippen LogP contribution is 2.21. The van der Waals surface area contributed by atoms with Crippen molar-refractivity contribution in [3.63, 3.8) is 0 Å². The molecule has 104 valence electrons. The van der Waals surface area contributed by atoms with E-state index in [0.717, 1.165) is 0 Å². The van der Waals surface area contributed by atoms with Gasteiger partial charge in [-0.05, 0) is 38.5 Å². The second-order valence-electron chi connectivity index (χ2n) is 4.60. The van der Waals surface area contributed by atoms with Gasteiger partial charge in [0.25, 0.3) is 0 Å². The van der Waals surface area contributed by atoms with Crippen LogP contribution in [0.5, 0.6) is 0 Å². The molecule has 0 aliphatic carbocycles. The standard InChI is InChI=1S/C14H20N2O2S/c1-11(2)16(4)19(17,18)14-10-13(6-5-9-15)8-7-12(14)3/h7-8,10-11H,9,15H2,1-4H3. The van der Waals surface area contributed by atoms with Crippen LogP contribution >= 0.6 is 0 Å². The van der Waals surface area contributed by atoms with Crippen molar-refractivity contribution in [3.8, 4) is 11.8 Å². The van der Waals surface area contributed by atoms with E-state index in [4.69, 9.17) is 5.73 Å². The minimum Gasteiger partial charge on any atom is -0.320 e. The maximum atomic E-state index is 12.5. The van der Waals surface area contributed by atoms with Crippen LogP contribution in [0.3, 0.4) is 0 Å². The van der Waals surface area contributed by atoms with Gasteiger partial charge in [-0.25, -0.2) is 8.42 Å². The molecule has 4 nitrogen and oxygen atoms in total. The number of hydrogen-bond acceptors (Lipinski definition) is 3. The summed E-state index contributed by atoms with van der Waals surface area (Å²) in [5, 5.41) is 0. The largest absolute Gasteiger partial charge is 0.320 e. The molecule has 0 amide bonds. The van der Waals surface area contributed by atoms with Gasteiger partial charge in [0, 0.05) is 18.7 Å². The van der Waals surface area contributed by atoms with E-state index in [1.165, 1.54) is 4.31 Å². The molecule has 0 aliphatic rings. The number of aryl methyl sites for hydroxylation is 1. The van der Waals surface area contributed by atoms with Gasteiger partial charge in [-0.3, -0.25) is 0 Å². The van der Waals surface area contributed by atoms with E-state index in [1.807, 2.05) is 13.8 Å². The minimum atomic E-state index is -3.48. The Bertz CT molecular complexity index is 610. The van der Waals surface area contributed by atoms with Crippen LogP contribution in [0.4, 0.5) is 0 Å². The summed E-state index contributed by atoms with van der Waals surface area (Å²) < 4.78 is 26.3. The lowest BCUT2D eigenvalue weighted by Gasteiger charge is -2.22. The van der Waals surface area contributed by atoms with E-state index in [2.05, 4.69) is 11.8 Å². The summed E-state index contributed by atoms with van der Waals surface area (Å²) in [6.45, 7) is 5.71. The number of benzene rings is 1. The maximum absolute atomic E-state index is 12.5. The topological polar surface area (TPSA) is 63.4 Å². The molecule has 19 heavy (non-hydrogen) atoms. The summed E-state index contributed by atoms with van der Waals surface area (Å²) in [7, 11) is -1.90. The molecule has 0 saturated heterocycles. The zero-order valence-electron chi connectivity index (χ0n) is 11.8. The maximum Gasteiger partial charge on any atom is 0.243 e. The SMILES string of the molecule is Cc1ccc(C#CCN)cc1S(=O)(=O)N(C)C(C)C. The fraction of sp³-hybridized carbons (Fsp3) is 0.429. The van der Waals surface area contributed by atoms with E-state index in [1.54, 1.807) is 32.2 Å². The molecule has 0 aliphatic heterocycles. The van der Waals surface area contributed by atoms with E-state index in [0.29, 0.717) is 16.0 Å². The van der Waals surface area contributed by atoms with Gasteiger partial charge in [0.1, 0.15) is 0 Å². The molecule has 1 aromatic rings. The van der Waals surface area contributed by atoms with Crippen LogP contribution in [-0.4, -0.2) is 32.4 Å². The van der Waals surface area contributed by atoms with Crippen molar-refractivity contribution in [2.24, 2.45) is 5.73 Å². The number of hydrogen-bond donors (Lipinski definition) is 1. The zero-order valence-corrected chi connectivity index (χ0v) is 12.6. The molecule has 0 aromatic heterocycles. The average molecular weight is 280 g/mol. The van der Waals surface area contributed by atoms with Crippen LogP contribution in [0.15, 0.2) is 23.1 Å². The van der Waals surface area contributed by atoms with Crippen molar-refractivity contribution in [2.75, 3.05) is 13.6 Å². The molecule has 1 rings (SSSR count). The Morgan fingerprint density at radius 1 is 1.37 bits per heavy atom. The Labute approximate surface area is 115 Å². The Morgan fingerprint density at radius 2 is 2.00 bits per heavy atom. The first-order chi connectivity index (χ1) is 8.80. The van der Waals surface area contributed by atoms with Crippen LogP contribution in [0.25, 0.3) is 0 Å². The van der Waals surface area contributed by atoms with Gasteiger partial charge < -0.3 is 5.73 Å². The molecular formula is C14H20N2O2S. The van der Waals surface area contributed by atoms with Crippen molar-refractivity contribution in [1.82, 2.24) is 4.31 Å². The van der Waals surface area contributed by atoms with Crippen LogP contribution in [0.2, 0.25) is 0 Å². The highest BCUT2D eigenvalue weighted by Gasteiger charge is 2.24. The molecule has 2 N–H and O–H groups in total. The number of sulfonamides is 1. The highest BCUT2D eigenvalue weighted by atomic mass is 32.2. The van der Waals surface area contributed by atoms with Crippen molar-refractivity contribution in [3.05, 3.63) is 29.3 Å². The molecule has 0 saturated carbocycles. The van der Waals surface area contributed by atoms with Gasteiger partial charge in [-0.15, -0.1) is 0 Å². The minimum absolute atomic E-state index is 0.0943. The third kappa shape index (κ3) is 3.57. The summed E-state index contributed by atoms with van der Waals surface area (Å²) in [5.74, 6) is 5.58. The fourth-order valence-corrected chi connectivity index (χ4v) is 3.16. The van der Waals surface area contributed by atoms with Gasteiger partial charge in [0.2, 0.25) is 10.0 Å². The van der Waals surface area contributed by atoms with Gasteiger partial charge in [-0.1, -0.05) is 17.9 Å². The molecular weight excluding hydrogens is 260 g/mol. The summed E-state index contributed by atoms with van der Waals surface area (Å²) >= 11 is 0.